The van der Waals surface area contributed by atoms with Crippen LogP contribution < -0.4 is 27.7 Å². The summed E-state index contributed by atoms with van der Waals surface area (Å²) in [6, 6.07) is 14.1. The first-order valence-corrected chi connectivity index (χ1v) is 11.3. The van der Waals surface area contributed by atoms with Crippen LogP contribution in [0.25, 0.3) is 11.3 Å². The van der Waals surface area contributed by atoms with Gasteiger partial charge in [0.1, 0.15) is 12.4 Å². The molecule has 7 N–H and O–H groups in total. The lowest BCUT2D eigenvalue weighted by molar-refractivity contribution is -0.121. The number of amidine groups is 1. The molecule has 0 radical (unpaired) electrons. The fourth-order valence-corrected chi connectivity index (χ4v) is 3.94. The monoisotopic (exact) mass is 479 g/mol. The lowest BCUT2D eigenvalue weighted by atomic mass is 9.93. The molecule has 0 spiro atoms. The smallest absolute Gasteiger partial charge is 0.294 e. The number of carbonyl (C=O) groups excluding carboxylic acids is 1. The molecule has 1 heterocycles. The molecule has 0 aliphatic heterocycles. The highest BCUT2D eigenvalue weighted by atomic mass is 35.5. The number of nitrogens with two attached hydrogens (primary N) is 2. The van der Waals surface area contributed by atoms with Crippen LogP contribution in [-0.2, 0) is 17.9 Å². The van der Waals surface area contributed by atoms with Gasteiger partial charge >= 0.3 is 0 Å². The number of nitrogens with one attached hydrogen (secondary N) is 3. The Bertz CT molecular complexity index is 1270. The molecule has 4 rings (SSSR count). The van der Waals surface area contributed by atoms with Gasteiger partial charge in [-0.25, -0.2) is 4.98 Å². The van der Waals surface area contributed by atoms with Crippen molar-refractivity contribution < 1.29 is 4.79 Å². The number of anilines is 2. The number of nitrogens with zero attached hydrogens (tertiary/aromatic N) is 2. The highest BCUT2D eigenvalue weighted by Crippen LogP contribution is 2.28. The van der Waals surface area contributed by atoms with E-state index in [1.807, 2.05) is 0 Å². The molecular weight excluding hydrogens is 454 g/mol. The lowest BCUT2D eigenvalue weighted by Crippen LogP contribution is -2.37. The standard InChI is InChI=1S/C24H26ClN7O2/c25-21-20(15-8-10-17(26)11-9-15)32(24(34)23(31-21)30-18-2-1-3-18)13-19(33)29-12-14-4-6-16(7-5-14)22(27)28/h4-11,18H,1-3,12-13,26H2,(H3,27,28)(H,29,33)(H,30,31). The van der Waals surface area contributed by atoms with Crippen molar-refractivity contribution in [1.29, 1.82) is 5.41 Å². The highest BCUT2D eigenvalue weighted by molar-refractivity contribution is 6.32. The van der Waals surface area contributed by atoms with Crippen LogP contribution in [0.3, 0.4) is 0 Å². The molecule has 2 aromatic carbocycles. The van der Waals surface area contributed by atoms with E-state index in [0.717, 1.165) is 24.8 Å². The molecule has 34 heavy (non-hydrogen) atoms. The van der Waals surface area contributed by atoms with Gasteiger partial charge < -0.3 is 22.1 Å². The first-order valence-electron chi connectivity index (χ1n) is 10.9. The normalized spacial score (nSPS) is 13.2. The van der Waals surface area contributed by atoms with E-state index < -0.39 is 5.56 Å². The van der Waals surface area contributed by atoms with Gasteiger partial charge in [-0.05, 0) is 37.0 Å². The summed E-state index contributed by atoms with van der Waals surface area (Å²) < 4.78 is 1.34. The van der Waals surface area contributed by atoms with Crippen molar-refractivity contribution in [3.8, 4) is 11.3 Å². The maximum atomic E-state index is 13.3. The largest absolute Gasteiger partial charge is 0.399 e. The molecular formula is C24H26ClN7O2. The summed E-state index contributed by atoms with van der Waals surface area (Å²) in [7, 11) is 0. The summed E-state index contributed by atoms with van der Waals surface area (Å²) in [5, 5.41) is 13.6. The quantitative estimate of drug-likeness (QED) is 0.190. The van der Waals surface area contributed by atoms with E-state index in [2.05, 4.69) is 15.6 Å². The van der Waals surface area contributed by atoms with Gasteiger partial charge in [-0.15, -0.1) is 0 Å². The van der Waals surface area contributed by atoms with E-state index in [0.29, 0.717) is 22.5 Å². The van der Waals surface area contributed by atoms with Crippen molar-refractivity contribution in [2.24, 2.45) is 5.73 Å². The van der Waals surface area contributed by atoms with Gasteiger partial charge in [0, 0.05) is 29.4 Å². The van der Waals surface area contributed by atoms with E-state index in [-0.39, 0.29) is 41.8 Å². The van der Waals surface area contributed by atoms with Gasteiger partial charge in [0.15, 0.2) is 11.0 Å². The summed E-state index contributed by atoms with van der Waals surface area (Å²) in [6.45, 7) is 0.0284. The molecule has 0 atom stereocenters. The molecule has 9 nitrogen and oxygen atoms in total. The van der Waals surface area contributed by atoms with Gasteiger partial charge in [-0.1, -0.05) is 48.0 Å². The van der Waals surface area contributed by atoms with E-state index in [1.165, 1.54) is 4.57 Å². The van der Waals surface area contributed by atoms with Gasteiger partial charge in [0.2, 0.25) is 5.91 Å². The maximum absolute atomic E-state index is 13.3. The Morgan fingerprint density at radius 2 is 1.82 bits per heavy atom. The van der Waals surface area contributed by atoms with Crippen molar-refractivity contribution in [2.75, 3.05) is 11.1 Å². The number of nitrogen functional groups attached to an aromatic ring is 2. The molecule has 1 fully saturated rings. The van der Waals surface area contributed by atoms with Crippen molar-refractivity contribution >= 4 is 34.8 Å². The number of halogens is 1. The highest BCUT2D eigenvalue weighted by Gasteiger charge is 2.23. The predicted octanol–water partition coefficient (Wildman–Crippen LogP) is 2.71. The van der Waals surface area contributed by atoms with Crippen molar-refractivity contribution in [3.63, 3.8) is 0 Å². The number of hydrogen-bond donors (Lipinski definition) is 5. The molecule has 1 aromatic heterocycles. The number of aromatic nitrogens is 2. The topological polar surface area (TPSA) is 152 Å². The summed E-state index contributed by atoms with van der Waals surface area (Å²) in [4.78, 5) is 30.5. The molecule has 1 amide bonds. The Hall–Kier alpha value is -3.85. The molecule has 1 aliphatic carbocycles. The van der Waals surface area contributed by atoms with Crippen LogP contribution in [-0.4, -0.2) is 27.3 Å². The average Bonchev–Trinajstić information content (AvgIpc) is 2.79. The number of amides is 1. The third-order valence-corrected chi connectivity index (χ3v) is 6.07. The minimum Gasteiger partial charge on any atom is -0.399 e. The zero-order valence-electron chi connectivity index (χ0n) is 18.5. The van der Waals surface area contributed by atoms with Crippen LogP contribution in [0.15, 0.2) is 53.3 Å². The molecule has 0 bridgehead atoms. The first kappa shape index (κ1) is 23.3. The fourth-order valence-electron chi connectivity index (χ4n) is 3.65. The van der Waals surface area contributed by atoms with Crippen LogP contribution in [0, 0.1) is 5.41 Å². The first-order chi connectivity index (χ1) is 16.3. The Kier molecular flexibility index (Phi) is 6.83. The fraction of sp³-hybridized carbons (Fsp3) is 0.250. The van der Waals surface area contributed by atoms with Gasteiger partial charge in [0.25, 0.3) is 5.56 Å². The minimum atomic E-state index is -0.413. The van der Waals surface area contributed by atoms with Gasteiger partial charge in [-0.3, -0.25) is 19.6 Å². The molecule has 10 heteroatoms. The molecule has 1 aliphatic rings. The number of hydrogen-bond acceptors (Lipinski definition) is 6. The van der Waals surface area contributed by atoms with Crippen molar-refractivity contribution in [3.05, 3.63) is 75.2 Å². The summed E-state index contributed by atoms with van der Waals surface area (Å²) in [5.41, 5.74) is 13.9. The summed E-state index contributed by atoms with van der Waals surface area (Å²) in [5.74, 6) is -0.237. The second kappa shape index (κ2) is 9.96. The van der Waals surface area contributed by atoms with E-state index >= 15 is 0 Å². The third kappa shape index (κ3) is 5.20. The Balaban J connectivity index is 1.59. The van der Waals surface area contributed by atoms with E-state index in [4.69, 9.17) is 28.5 Å². The SMILES string of the molecule is N=C(N)c1ccc(CNC(=O)Cn2c(-c3ccc(N)cc3)c(Cl)nc(NC3CCC3)c2=O)cc1. The molecule has 176 valence electrons. The maximum Gasteiger partial charge on any atom is 0.294 e. The molecule has 1 saturated carbocycles. The summed E-state index contributed by atoms with van der Waals surface area (Å²) >= 11 is 6.52. The molecule has 0 saturated heterocycles. The average molecular weight is 480 g/mol. The second-order valence-corrected chi connectivity index (χ2v) is 8.63. The van der Waals surface area contributed by atoms with Crippen LogP contribution in [0.1, 0.15) is 30.4 Å². The number of benzene rings is 2. The third-order valence-electron chi connectivity index (χ3n) is 5.81. The van der Waals surface area contributed by atoms with Gasteiger partial charge in [0.05, 0.1) is 5.69 Å². The van der Waals surface area contributed by atoms with E-state index in [9.17, 15) is 9.59 Å². The van der Waals surface area contributed by atoms with Crippen LogP contribution in [0.2, 0.25) is 5.15 Å². The lowest BCUT2D eigenvalue weighted by Gasteiger charge is -2.27. The van der Waals surface area contributed by atoms with Crippen molar-refractivity contribution in [2.45, 2.75) is 38.4 Å². The molecule has 3 aromatic rings. The number of rotatable bonds is 8. The van der Waals surface area contributed by atoms with E-state index in [1.54, 1.807) is 48.5 Å². The van der Waals surface area contributed by atoms with Gasteiger partial charge in [-0.2, -0.15) is 0 Å². The van der Waals surface area contributed by atoms with Crippen LogP contribution >= 0.6 is 11.6 Å². The Labute approximate surface area is 201 Å². The predicted molar refractivity (Wildman–Crippen MR) is 134 cm³/mol. The summed E-state index contributed by atoms with van der Waals surface area (Å²) in [6.07, 6.45) is 3.02. The minimum absolute atomic E-state index is 0.0222. The van der Waals surface area contributed by atoms with Crippen molar-refractivity contribution in [1.82, 2.24) is 14.9 Å². The van der Waals surface area contributed by atoms with Crippen LogP contribution in [0.5, 0.6) is 0 Å². The zero-order chi connectivity index (χ0) is 24.2. The number of carbonyl (C=O) groups is 1. The molecule has 0 unspecified atom stereocenters. The zero-order valence-corrected chi connectivity index (χ0v) is 19.2. The van der Waals surface area contributed by atoms with Crippen LogP contribution in [0.4, 0.5) is 11.5 Å². The second-order valence-electron chi connectivity index (χ2n) is 8.27. The Morgan fingerprint density at radius 3 is 2.41 bits per heavy atom. The Morgan fingerprint density at radius 1 is 1.15 bits per heavy atom.